The lowest BCUT2D eigenvalue weighted by atomic mass is 10.1. The molecule has 0 aliphatic carbocycles. The molecule has 0 atom stereocenters. The maximum absolute atomic E-state index is 12.2. The number of rotatable bonds is 6. The van der Waals surface area contributed by atoms with Crippen molar-refractivity contribution in [2.75, 3.05) is 22.1 Å². The van der Waals surface area contributed by atoms with Crippen molar-refractivity contribution in [2.45, 2.75) is 6.92 Å². The third-order valence-electron chi connectivity index (χ3n) is 3.87. The van der Waals surface area contributed by atoms with Crippen molar-refractivity contribution in [1.29, 1.82) is 0 Å². The van der Waals surface area contributed by atoms with Crippen molar-refractivity contribution >= 4 is 45.7 Å². The fraction of sp³-hybridized carbons (Fsp3) is 0.143. The van der Waals surface area contributed by atoms with E-state index in [0.717, 1.165) is 27.7 Å². The molecule has 0 spiro atoms. The second kappa shape index (κ2) is 8.54. The maximum Gasteiger partial charge on any atom is 0.234 e. The monoisotopic (exact) mass is 364 g/mol. The summed E-state index contributed by atoms with van der Waals surface area (Å²) in [5.74, 6) is 0.229. The Morgan fingerprint density at radius 2 is 1.46 bits per heavy atom. The van der Waals surface area contributed by atoms with E-state index in [1.54, 1.807) is 0 Å². The summed E-state index contributed by atoms with van der Waals surface area (Å²) >= 11 is 1.29. The van der Waals surface area contributed by atoms with Gasteiger partial charge in [0, 0.05) is 16.8 Å². The van der Waals surface area contributed by atoms with Crippen LogP contribution in [0.1, 0.15) is 5.56 Å². The average molecular weight is 364 g/mol. The molecule has 0 saturated carbocycles. The summed E-state index contributed by atoms with van der Waals surface area (Å²) in [4.78, 5) is 24.1. The fourth-order valence-electron chi connectivity index (χ4n) is 2.59. The molecular weight excluding hydrogens is 344 g/mol. The van der Waals surface area contributed by atoms with Crippen LogP contribution in [0.4, 0.5) is 11.4 Å². The van der Waals surface area contributed by atoms with Gasteiger partial charge < -0.3 is 10.6 Å². The van der Waals surface area contributed by atoms with Crippen molar-refractivity contribution in [3.8, 4) is 0 Å². The molecule has 3 rings (SSSR count). The standard InChI is InChI=1S/C21H20N2O2S/c1-15-9-11-17(12-10-15)22-20(24)13-26-14-21(25)23-19-8-4-6-16-5-2-3-7-18(16)19/h2-12H,13-14H2,1H3,(H,22,24)(H,23,25). The van der Waals surface area contributed by atoms with Gasteiger partial charge in [-0.25, -0.2) is 0 Å². The smallest absolute Gasteiger partial charge is 0.234 e. The molecular formula is C21H20N2O2S. The lowest BCUT2D eigenvalue weighted by molar-refractivity contribution is -0.114. The van der Waals surface area contributed by atoms with E-state index in [9.17, 15) is 9.59 Å². The Morgan fingerprint density at radius 3 is 2.23 bits per heavy atom. The van der Waals surface area contributed by atoms with Crippen LogP contribution in [0.5, 0.6) is 0 Å². The normalized spacial score (nSPS) is 10.5. The van der Waals surface area contributed by atoms with Crippen LogP contribution in [-0.2, 0) is 9.59 Å². The number of hydrogen-bond donors (Lipinski definition) is 2. The number of carbonyl (C=O) groups is 2. The Morgan fingerprint density at radius 1 is 0.808 bits per heavy atom. The van der Waals surface area contributed by atoms with Gasteiger partial charge in [-0.05, 0) is 30.5 Å². The van der Waals surface area contributed by atoms with Gasteiger partial charge >= 0.3 is 0 Å². The molecule has 0 heterocycles. The van der Waals surface area contributed by atoms with Crippen molar-refractivity contribution in [3.63, 3.8) is 0 Å². The highest BCUT2D eigenvalue weighted by Gasteiger charge is 2.08. The second-order valence-corrected chi connectivity index (χ2v) is 6.97. The molecule has 0 saturated heterocycles. The number of nitrogens with one attached hydrogen (secondary N) is 2. The van der Waals surface area contributed by atoms with Crippen molar-refractivity contribution < 1.29 is 9.59 Å². The molecule has 2 N–H and O–H groups in total. The van der Waals surface area contributed by atoms with Gasteiger partial charge in [-0.2, -0.15) is 0 Å². The van der Waals surface area contributed by atoms with Gasteiger partial charge in [0.05, 0.1) is 11.5 Å². The molecule has 26 heavy (non-hydrogen) atoms. The molecule has 3 aromatic rings. The first-order valence-corrected chi connectivity index (χ1v) is 9.49. The number of hydrogen-bond acceptors (Lipinski definition) is 3. The second-order valence-electron chi connectivity index (χ2n) is 5.98. The number of anilines is 2. The highest BCUT2D eigenvalue weighted by Crippen LogP contribution is 2.23. The summed E-state index contributed by atoms with van der Waals surface area (Å²) in [6.45, 7) is 2.00. The van der Waals surface area contributed by atoms with E-state index in [2.05, 4.69) is 10.6 Å². The number of benzene rings is 3. The molecule has 0 aromatic heterocycles. The van der Waals surface area contributed by atoms with Gasteiger partial charge in [0.1, 0.15) is 0 Å². The number of carbonyl (C=O) groups excluding carboxylic acids is 2. The number of thioether (sulfide) groups is 1. The van der Waals surface area contributed by atoms with Crippen LogP contribution >= 0.6 is 11.8 Å². The topological polar surface area (TPSA) is 58.2 Å². The highest BCUT2D eigenvalue weighted by atomic mass is 32.2. The largest absolute Gasteiger partial charge is 0.325 e. The van der Waals surface area contributed by atoms with Crippen LogP contribution in [-0.4, -0.2) is 23.3 Å². The molecule has 0 radical (unpaired) electrons. The number of fused-ring (bicyclic) bond motifs is 1. The minimum atomic E-state index is -0.116. The molecule has 0 aliphatic heterocycles. The van der Waals surface area contributed by atoms with E-state index in [1.807, 2.05) is 73.7 Å². The summed E-state index contributed by atoms with van der Waals surface area (Å²) in [5.41, 5.74) is 2.70. The summed E-state index contributed by atoms with van der Waals surface area (Å²) < 4.78 is 0. The van der Waals surface area contributed by atoms with Gasteiger partial charge in [0.25, 0.3) is 0 Å². The first-order chi connectivity index (χ1) is 12.6. The summed E-state index contributed by atoms with van der Waals surface area (Å²) in [6, 6.07) is 21.3. The van der Waals surface area contributed by atoms with E-state index in [-0.39, 0.29) is 23.3 Å². The average Bonchev–Trinajstić information content (AvgIpc) is 2.64. The maximum atomic E-state index is 12.2. The minimum absolute atomic E-state index is 0.114. The van der Waals surface area contributed by atoms with E-state index in [4.69, 9.17) is 0 Å². The Labute approximate surface area is 157 Å². The lowest BCUT2D eigenvalue weighted by Crippen LogP contribution is -2.18. The minimum Gasteiger partial charge on any atom is -0.325 e. The van der Waals surface area contributed by atoms with Gasteiger partial charge in [-0.15, -0.1) is 11.8 Å². The van der Waals surface area contributed by atoms with E-state index in [1.165, 1.54) is 11.8 Å². The van der Waals surface area contributed by atoms with Crippen LogP contribution in [0, 0.1) is 6.92 Å². The Balaban J connectivity index is 1.48. The zero-order valence-corrected chi connectivity index (χ0v) is 15.3. The van der Waals surface area contributed by atoms with Crippen LogP contribution in [0.15, 0.2) is 66.7 Å². The van der Waals surface area contributed by atoms with Crippen molar-refractivity contribution in [3.05, 3.63) is 72.3 Å². The molecule has 132 valence electrons. The van der Waals surface area contributed by atoms with E-state index < -0.39 is 0 Å². The lowest BCUT2D eigenvalue weighted by Gasteiger charge is -2.09. The fourth-order valence-corrected chi connectivity index (χ4v) is 3.21. The molecule has 4 nitrogen and oxygen atoms in total. The Hall–Kier alpha value is -2.79. The molecule has 5 heteroatoms. The first kappa shape index (κ1) is 18.0. The zero-order valence-electron chi connectivity index (χ0n) is 14.5. The molecule has 0 fully saturated rings. The van der Waals surface area contributed by atoms with Crippen LogP contribution in [0.2, 0.25) is 0 Å². The van der Waals surface area contributed by atoms with Gasteiger partial charge in [0.15, 0.2) is 0 Å². The van der Waals surface area contributed by atoms with E-state index >= 15 is 0 Å². The summed E-state index contributed by atoms with van der Waals surface area (Å²) in [7, 11) is 0. The molecule has 0 aliphatic rings. The predicted molar refractivity (Wildman–Crippen MR) is 110 cm³/mol. The number of aryl methyl sites for hydroxylation is 1. The summed E-state index contributed by atoms with van der Waals surface area (Å²) in [5, 5.41) is 7.83. The number of amides is 2. The van der Waals surface area contributed by atoms with Gasteiger partial charge in [0.2, 0.25) is 11.8 Å². The zero-order chi connectivity index (χ0) is 18.4. The van der Waals surface area contributed by atoms with Gasteiger partial charge in [-0.1, -0.05) is 54.1 Å². The predicted octanol–water partition coefficient (Wildman–Crippen LogP) is 4.46. The SMILES string of the molecule is Cc1ccc(NC(=O)CSCC(=O)Nc2cccc3ccccc23)cc1. The quantitative estimate of drug-likeness (QED) is 0.679. The third-order valence-corrected chi connectivity index (χ3v) is 4.80. The highest BCUT2D eigenvalue weighted by molar-refractivity contribution is 8.00. The van der Waals surface area contributed by atoms with Crippen LogP contribution < -0.4 is 10.6 Å². The van der Waals surface area contributed by atoms with E-state index in [0.29, 0.717) is 0 Å². The summed E-state index contributed by atoms with van der Waals surface area (Å²) in [6.07, 6.45) is 0. The molecule has 0 bridgehead atoms. The third kappa shape index (κ3) is 4.86. The molecule has 0 unspecified atom stereocenters. The van der Waals surface area contributed by atoms with Crippen molar-refractivity contribution in [1.82, 2.24) is 0 Å². The van der Waals surface area contributed by atoms with Crippen LogP contribution in [0.25, 0.3) is 10.8 Å². The molecule has 2 amide bonds. The first-order valence-electron chi connectivity index (χ1n) is 8.34. The van der Waals surface area contributed by atoms with Crippen molar-refractivity contribution in [2.24, 2.45) is 0 Å². The van der Waals surface area contributed by atoms with Gasteiger partial charge in [-0.3, -0.25) is 9.59 Å². The Bertz CT molecular complexity index is 917. The van der Waals surface area contributed by atoms with Crippen LogP contribution in [0.3, 0.4) is 0 Å². The molecule has 3 aromatic carbocycles. The Kier molecular flexibility index (Phi) is 5.92.